The van der Waals surface area contributed by atoms with Crippen molar-refractivity contribution in [1.29, 1.82) is 0 Å². The first kappa shape index (κ1) is 27.1. The van der Waals surface area contributed by atoms with Crippen molar-refractivity contribution in [1.82, 2.24) is 24.7 Å². The number of carbonyl (C=O) groups is 2. The Balaban J connectivity index is 0.00000320. The molecule has 2 fully saturated rings. The van der Waals surface area contributed by atoms with Crippen LogP contribution >= 0.6 is 0 Å². The number of hydrogen-bond acceptors (Lipinski definition) is 5. The molecule has 0 aliphatic carbocycles. The molecule has 4 heterocycles. The lowest BCUT2D eigenvalue weighted by molar-refractivity contribution is -0.119. The first-order valence-corrected chi connectivity index (χ1v) is 13.0. The van der Waals surface area contributed by atoms with Crippen LogP contribution in [0.25, 0.3) is 0 Å². The molecular formula is C27H38FN5O4. The van der Waals surface area contributed by atoms with E-state index in [-0.39, 0.29) is 29.3 Å². The summed E-state index contributed by atoms with van der Waals surface area (Å²) in [6.07, 6.45) is 5.76. The highest BCUT2D eigenvalue weighted by molar-refractivity contribution is 5.73. The van der Waals surface area contributed by atoms with Gasteiger partial charge in [0.05, 0.1) is 25.4 Å². The van der Waals surface area contributed by atoms with E-state index in [1.54, 1.807) is 11.0 Å². The largest absolute Gasteiger partial charge is 0.453 e. The van der Waals surface area contributed by atoms with Crippen LogP contribution in [0.1, 0.15) is 73.9 Å². The van der Waals surface area contributed by atoms with E-state index in [1.807, 2.05) is 6.07 Å². The molecule has 1 unspecified atom stereocenters. The molecule has 4 atom stereocenters. The molecule has 2 aromatic rings. The van der Waals surface area contributed by atoms with Crippen LogP contribution in [-0.2, 0) is 22.5 Å². The zero-order valence-electron chi connectivity index (χ0n) is 21.9. The summed E-state index contributed by atoms with van der Waals surface area (Å²) in [7, 11) is 1.42. The number of halogens is 1. The van der Waals surface area contributed by atoms with E-state index in [0.717, 1.165) is 49.3 Å². The van der Waals surface area contributed by atoms with Gasteiger partial charge in [0.25, 0.3) is 0 Å². The van der Waals surface area contributed by atoms with Gasteiger partial charge in [-0.15, -0.1) is 0 Å². The molecule has 1 aromatic heterocycles. The minimum absolute atomic E-state index is 0. The SMILES string of the molecule is COC(=O)N1CCc2c(nc(C)n2C2C[C@H]3CC[C@@H](C2)N3CC[C@H](NC(C)=O)c2cccc(F)c2)C1.O. The normalized spacial score (nSPS) is 23.7. The van der Waals surface area contributed by atoms with Gasteiger partial charge in [-0.05, 0) is 56.7 Å². The fraction of sp³-hybridized carbons (Fsp3) is 0.593. The van der Waals surface area contributed by atoms with Crippen LogP contribution in [0, 0.1) is 12.7 Å². The van der Waals surface area contributed by atoms with Gasteiger partial charge in [0, 0.05) is 50.3 Å². The van der Waals surface area contributed by atoms with Crippen LogP contribution in [-0.4, -0.2) is 69.1 Å². The lowest BCUT2D eigenvalue weighted by Crippen LogP contribution is -2.45. The Morgan fingerprint density at radius 2 is 1.95 bits per heavy atom. The summed E-state index contributed by atoms with van der Waals surface area (Å²) in [5.41, 5.74) is 3.07. The first-order chi connectivity index (χ1) is 17.3. The molecule has 37 heavy (non-hydrogen) atoms. The number of fused-ring (bicyclic) bond motifs is 3. The summed E-state index contributed by atoms with van der Waals surface area (Å²) in [5, 5.41) is 3.02. The van der Waals surface area contributed by atoms with Gasteiger partial charge in [0.1, 0.15) is 11.6 Å². The maximum absolute atomic E-state index is 13.8. The number of aromatic nitrogens is 2. The number of hydrogen-bond donors (Lipinski definition) is 1. The Bertz CT molecular complexity index is 1120. The highest BCUT2D eigenvalue weighted by Crippen LogP contribution is 2.43. The molecule has 2 saturated heterocycles. The monoisotopic (exact) mass is 515 g/mol. The summed E-state index contributed by atoms with van der Waals surface area (Å²) in [6, 6.07) is 7.74. The third-order valence-corrected chi connectivity index (χ3v) is 8.19. The van der Waals surface area contributed by atoms with E-state index in [2.05, 4.69) is 21.7 Å². The second-order valence-corrected chi connectivity index (χ2v) is 10.4. The smallest absolute Gasteiger partial charge is 0.409 e. The van der Waals surface area contributed by atoms with E-state index in [9.17, 15) is 14.0 Å². The van der Waals surface area contributed by atoms with Crippen LogP contribution in [0.4, 0.5) is 9.18 Å². The van der Waals surface area contributed by atoms with Gasteiger partial charge in [-0.2, -0.15) is 0 Å². The van der Waals surface area contributed by atoms with Gasteiger partial charge in [-0.25, -0.2) is 14.2 Å². The highest BCUT2D eigenvalue weighted by atomic mass is 19.1. The molecule has 2 amide bonds. The van der Waals surface area contributed by atoms with Crippen LogP contribution in [0.5, 0.6) is 0 Å². The van der Waals surface area contributed by atoms with Crippen molar-refractivity contribution in [3.63, 3.8) is 0 Å². The van der Waals surface area contributed by atoms with E-state index < -0.39 is 0 Å². The maximum atomic E-state index is 13.8. The molecule has 10 heteroatoms. The predicted octanol–water partition coefficient (Wildman–Crippen LogP) is 3.07. The molecule has 3 aliphatic rings. The van der Waals surface area contributed by atoms with Crippen molar-refractivity contribution < 1.29 is 24.2 Å². The number of aryl methyl sites for hydroxylation is 1. The van der Waals surface area contributed by atoms with E-state index in [0.29, 0.717) is 31.2 Å². The molecule has 202 valence electrons. The molecule has 0 spiro atoms. The van der Waals surface area contributed by atoms with E-state index in [4.69, 9.17) is 9.72 Å². The lowest BCUT2D eigenvalue weighted by atomic mass is 9.94. The fourth-order valence-corrected chi connectivity index (χ4v) is 6.70. The van der Waals surface area contributed by atoms with Gasteiger partial charge in [-0.1, -0.05) is 12.1 Å². The van der Waals surface area contributed by atoms with Crippen molar-refractivity contribution in [2.45, 2.75) is 83.1 Å². The standard InChI is InChI=1S/C27H36FN5O3.H2O/c1-17-29-25-16-31(27(35)36-3)11-10-26(25)33(17)23-14-21-7-8-22(15-23)32(21)12-9-24(30-18(2)34)19-5-4-6-20(28)13-19;/h4-6,13,21-24H,7-12,14-16H2,1-3H3,(H,30,34);1H2/t21-,22+,23?,24-;/m0./s1. The Kier molecular flexibility index (Phi) is 8.18. The number of methoxy groups -OCH3 is 1. The number of imidazole rings is 1. The van der Waals surface area contributed by atoms with Gasteiger partial charge in [-0.3, -0.25) is 9.69 Å². The van der Waals surface area contributed by atoms with Crippen molar-refractivity contribution in [3.05, 3.63) is 52.9 Å². The quantitative estimate of drug-likeness (QED) is 0.636. The number of benzene rings is 1. The zero-order valence-corrected chi connectivity index (χ0v) is 21.9. The topological polar surface area (TPSA) is 111 Å². The minimum Gasteiger partial charge on any atom is -0.453 e. The summed E-state index contributed by atoms with van der Waals surface area (Å²) in [4.78, 5) is 33.0. The minimum atomic E-state index is -0.296. The molecular weight excluding hydrogens is 477 g/mol. The van der Waals surface area contributed by atoms with Gasteiger partial charge < -0.3 is 25.0 Å². The van der Waals surface area contributed by atoms with Crippen molar-refractivity contribution in [2.24, 2.45) is 0 Å². The average molecular weight is 516 g/mol. The fourth-order valence-electron chi connectivity index (χ4n) is 6.70. The third kappa shape index (κ3) is 5.50. The summed E-state index contributed by atoms with van der Waals surface area (Å²) in [6.45, 7) is 5.62. The van der Waals surface area contributed by atoms with Crippen LogP contribution in [0.2, 0.25) is 0 Å². The van der Waals surface area contributed by atoms with Crippen LogP contribution < -0.4 is 5.32 Å². The maximum Gasteiger partial charge on any atom is 0.409 e. The summed E-state index contributed by atoms with van der Waals surface area (Å²) >= 11 is 0. The third-order valence-electron chi connectivity index (χ3n) is 8.19. The van der Waals surface area contributed by atoms with Crippen molar-refractivity contribution in [3.8, 4) is 0 Å². The van der Waals surface area contributed by atoms with Gasteiger partial charge in [0.15, 0.2) is 0 Å². The Morgan fingerprint density at radius 3 is 2.59 bits per heavy atom. The Labute approximate surface area is 217 Å². The Morgan fingerprint density at radius 1 is 1.22 bits per heavy atom. The molecule has 3 N–H and O–H groups in total. The summed E-state index contributed by atoms with van der Waals surface area (Å²) in [5.74, 6) is 0.649. The van der Waals surface area contributed by atoms with Crippen molar-refractivity contribution in [2.75, 3.05) is 20.2 Å². The molecule has 0 radical (unpaired) electrons. The van der Waals surface area contributed by atoms with Gasteiger partial charge >= 0.3 is 6.09 Å². The molecule has 5 rings (SSSR count). The number of nitrogens with one attached hydrogen (secondary N) is 1. The van der Waals surface area contributed by atoms with Gasteiger partial charge in [0.2, 0.25) is 5.91 Å². The van der Waals surface area contributed by atoms with Crippen molar-refractivity contribution >= 4 is 12.0 Å². The van der Waals surface area contributed by atoms with Crippen LogP contribution in [0.3, 0.4) is 0 Å². The number of ether oxygens (including phenoxy) is 1. The molecule has 1 aromatic carbocycles. The second-order valence-electron chi connectivity index (χ2n) is 10.4. The molecule has 9 nitrogen and oxygen atoms in total. The lowest BCUT2D eigenvalue weighted by Gasteiger charge is -2.41. The number of piperidine rings is 1. The second kappa shape index (κ2) is 11.2. The van der Waals surface area contributed by atoms with Crippen LogP contribution in [0.15, 0.2) is 24.3 Å². The molecule has 0 saturated carbocycles. The highest BCUT2D eigenvalue weighted by Gasteiger charge is 2.42. The number of carbonyl (C=O) groups excluding carboxylic acids is 2. The Hall–Kier alpha value is -2.98. The summed E-state index contributed by atoms with van der Waals surface area (Å²) < 4.78 is 21.2. The van der Waals surface area contributed by atoms with E-state index >= 15 is 0 Å². The predicted molar refractivity (Wildman–Crippen MR) is 136 cm³/mol. The molecule has 2 bridgehead atoms. The number of amides is 2. The first-order valence-electron chi connectivity index (χ1n) is 13.0. The number of nitrogens with zero attached hydrogens (tertiary/aromatic N) is 4. The molecule has 3 aliphatic heterocycles. The zero-order chi connectivity index (χ0) is 25.4. The van der Waals surface area contributed by atoms with E-state index in [1.165, 1.54) is 44.7 Å². The number of rotatable bonds is 6. The average Bonchev–Trinajstić information content (AvgIpc) is 3.30.